The number of aromatic nitrogens is 2. The SMILES string of the molecule is Cc1ccc(C)c(-c2nn(-c3ccccc3Br)cc2N)c1. The van der Waals surface area contributed by atoms with E-state index in [-0.39, 0.29) is 0 Å². The molecule has 2 N–H and O–H groups in total. The predicted molar refractivity (Wildman–Crippen MR) is 90.6 cm³/mol. The average Bonchev–Trinajstić information content (AvgIpc) is 2.84. The van der Waals surface area contributed by atoms with Gasteiger partial charge in [0.2, 0.25) is 0 Å². The Morgan fingerprint density at radius 3 is 2.62 bits per heavy atom. The molecule has 0 unspecified atom stereocenters. The molecular formula is C17H16BrN3. The third-order valence-electron chi connectivity index (χ3n) is 3.49. The molecule has 106 valence electrons. The molecule has 21 heavy (non-hydrogen) atoms. The molecule has 0 aliphatic carbocycles. The van der Waals surface area contributed by atoms with Gasteiger partial charge in [-0.25, -0.2) is 4.68 Å². The Kier molecular flexibility index (Phi) is 3.55. The van der Waals surface area contributed by atoms with Crippen molar-refractivity contribution in [2.45, 2.75) is 13.8 Å². The van der Waals surface area contributed by atoms with E-state index in [1.807, 2.05) is 35.1 Å². The van der Waals surface area contributed by atoms with E-state index in [2.05, 4.69) is 53.1 Å². The van der Waals surface area contributed by atoms with Gasteiger partial charge in [-0.05, 0) is 53.5 Å². The highest BCUT2D eigenvalue weighted by Gasteiger charge is 2.13. The van der Waals surface area contributed by atoms with Gasteiger partial charge >= 0.3 is 0 Å². The van der Waals surface area contributed by atoms with Crippen LogP contribution in [0.2, 0.25) is 0 Å². The quantitative estimate of drug-likeness (QED) is 0.745. The predicted octanol–water partition coefficient (Wildman–Crippen LogP) is 4.50. The van der Waals surface area contributed by atoms with Gasteiger partial charge in [-0.2, -0.15) is 5.10 Å². The molecule has 0 fully saturated rings. The molecule has 1 aromatic heterocycles. The van der Waals surface area contributed by atoms with Crippen molar-refractivity contribution in [3.05, 3.63) is 64.3 Å². The number of hydrogen-bond acceptors (Lipinski definition) is 2. The summed E-state index contributed by atoms with van der Waals surface area (Å²) in [6.45, 7) is 4.15. The van der Waals surface area contributed by atoms with Gasteiger partial charge in [0.05, 0.1) is 17.6 Å². The highest BCUT2D eigenvalue weighted by atomic mass is 79.9. The Balaban J connectivity index is 2.15. The van der Waals surface area contributed by atoms with Gasteiger partial charge in [0.15, 0.2) is 0 Å². The van der Waals surface area contributed by atoms with Crippen LogP contribution < -0.4 is 5.73 Å². The van der Waals surface area contributed by atoms with Crippen LogP contribution in [0, 0.1) is 13.8 Å². The fraction of sp³-hybridized carbons (Fsp3) is 0.118. The van der Waals surface area contributed by atoms with Crippen LogP contribution in [0.5, 0.6) is 0 Å². The van der Waals surface area contributed by atoms with Crippen LogP contribution in [0.4, 0.5) is 5.69 Å². The second-order valence-corrected chi connectivity index (χ2v) is 6.00. The molecule has 0 spiro atoms. The number of hydrogen-bond donors (Lipinski definition) is 1. The fourth-order valence-corrected chi connectivity index (χ4v) is 2.81. The summed E-state index contributed by atoms with van der Waals surface area (Å²) in [4.78, 5) is 0. The molecule has 0 radical (unpaired) electrons. The average molecular weight is 342 g/mol. The minimum atomic E-state index is 0.680. The molecular weight excluding hydrogens is 326 g/mol. The maximum Gasteiger partial charge on any atom is 0.116 e. The van der Waals surface area contributed by atoms with Crippen LogP contribution in [0.3, 0.4) is 0 Å². The van der Waals surface area contributed by atoms with E-state index in [0.717, 1.165) is 21.4 Å². The summed E-state index contributed by atoms with van der Waals surface area (Å²) in [6, 6.07) is 14.3. The third-order valence-corrected chi connectivity index (χ3v) is 4.16. The molecule has 0 aliphatic rings. The molecule has 3 aromatic rings. The zero-order valence-corrected chi connectivity index (χ0v) is 13.6. The first-order valence-corrected chi connectivity index (χ1v) is 7.53. The summed E-state index contributed by atoms with van der Waals surface area (Å²) >= 11 is 3.55. The van der Waals surface area contributed by atoms with Gasteiger partial charge in [0, 0.05) is 10.0 Å². The first-order chi connectivity index (χ1) is 10.1. The minimum absolute atomic E-state index is 0.680. The number of halogens is 1. The van der Waals surface area contributed by atoms with Crippen molar-refractivity contribution in [3.8, 4) is 16.9 Å². The Morgan fingerprint density at radius 2 is 1.86 bits per heavy atom. The second kappa shape index (κ2) is 5.37. The molecule has 0 saturated carbocycles. The summed E-state index contributed by atoms with van der Waals surface area (Å²) in [5.74, 6) is 0. The maximum absolute atomic E-state index is 6.18. The number of benzene rings is 2. The van der Waals surface area contributed by atoms with Gasteiger partial charge in [0.1, 0.15) is 5.69 Å². The number of nitrogens with two attached hydrogens (primary N) is 1. The first-order valence-electron chi connectivity index (χ1n) is 6.74. The Morgan fingerprint density at radius 1 is 1.10 bits per heavy atom. The molecule has 0 atom stereocenters. The van der Waals surface area contributed by atoms with E-state index in [1.165, 1.54) is 11.1 Å². The molecule has 0 amide bonds. The van der Waals surface area contributed by atoms with Crippen molar-refractivity contribution in [1.82, 2.24) is 9.78 Å². The summed E-state index contributed by atoms with van der Waals surface area (Å²) < 4.78 is 2.80. The lowest BCUT2D eigenvalue weighted by molar-refractivity contribution is 0.879. The highest BCUT2D eigenvalue weighted by Crippen LogP contribution is 2.30. The van der Waals surface area contributed by atoms with E-state index < -0.39 is 0 Å². The van der Waals surface area contributed by atoms with Crippen molar-refractivity contribution in [1.29, 1.82) is 0 Å². The van der Waals surface area contributed by atoms with Gasteiger partial charge in [-0.3, -0.25) is 0 Å². The lowest BCUT2D eigenvalue weighted by Crippen LogP contribution is -1.96. The molecule has 3 nitrogen and oxygen atoms in total. The number of nitrogen functional groups attached to an aromatic ring is 1. The molecule has 0 aliphatic heterocycles. The van der Waals surface area contributed by atoms with Crippen LogP contribution in [0.15, 0.2) is 53.1 Å². The summed E-state index contributed by atoms with van der Waals surface area (Å²) in [5, 5.41) is 4.67. The van der Waals surface area contributed by atoms with E-state index in [9.17, 15) is 0 Å². The van der Waals surface area contributed by atoms with E-state index >= 15 is 0 Å². The molecule has 2 aromatic carbocycles. The Bertz CT molecular complexity index is 806. The van der Waals surface area contributed by atoms with Crippen LogP contribution in [0.25, 0.3) is 16.9 Å². The topological polar surface area (TPSA) is 43.8 Å². The summed E-state index contributed by atoms with van der Waals surface area (Å²) in [7, 11) is 0. The lowest BCUT2D eigenvalue weighted by atomic mass is 10.0. The van der Waals surface area contributed by atoms with E-state index in [0.29, 0.717) is 5.69 Å². The monoisotopic (exact) mass is 341 g/mol. The van der Waals surface area contributed by atoms with Crippen molar-refractivity contribution in [2.24, 2.45) is 0 Å². The van der Waals surface area contributed by atoms with E-state index in [4.69, 9.17) is 5.73 Å². The standard InChI is InChI=1S/C17H16BrN3/c1-11-7-8-12(2)13(9-11)17-15(19)10-21(20-17)16-6-4-3-5-14(16)18/h3-10H,19H2,1-2H3. The van der Waals surface area contributed by atoms with Gasteiger partial charge in [-0.1, -0.05) is 29.8 Å². The van der Waals surface area contributed by atoms with Crippen LogP contribution >= 0.6 is 15.9 Å². The third kappa shape index (κ3) is 2.59. The van der Waals surface area contributed by atoms with Gasteiger partial charge in [0.25, 0.3) is 0 Å². The second-order valence-electron chi connectivity index (χ2n) is 5.15. The van der Waals surface area contributed by atoms with Crippen LogP contribution in [-0.4, -0.2) is 9.78 Å². The van der Waals surface area contributed by atoms with Crippen molar-refractivity contribution >= 4 is 21.6 Å². The molecule has 4 heteroatoms. The van der Waals surface area contributed by atoms with E-state index in [1.54, 1.807) is 0 Å². The van der Waals surface area contributed by atoms with Crippen LogP contribution in [-0.2, 0) is 0 Å². The summed E-state index contributed by atoms with van der Waals surface area (Å²) in [5.41, 5.74) is 12.1. The highest BCUT2D eigenvalue weighted by molar-refractivity contribution is 9.10. The fourth-order valence-electron chi connectivity index (χ4n) is 2.35. The van der Waals surface area contributed by atoms with Crippen molar-refractivity contribution in [2.75, 3.05) is 5.73 Å². The van der Waals surface area contributed by atoms with Crippen LogP contribution in [0.1, 0.15) is 11.1 Å². The van der Waals surface area contributed by atoms with Crippen molar-refractivity contribution < 1.29 is 0 Å². The van der Waals surface area contributed by atoms with Gasteiger partial charge in [-0.15, -0.1) is 0 Å². The normalized spacial score (nSPS) is 10.8. The zero-order valence-electron chi connectivity index (χ0n) is 12.0. The molecule has 0 saturated heterocycles. The smallest absolute Gasteiger partial charge is 0.116 e. The number of anilines is 1. The van der Waals surface area contributed by atoms with Gasteiger partial charge < -0.3 is 5.73 Å². The lowest BCUT2D eigenvalue weighted by Gasteiger charge is -2.06. The summed E-state index contributed by atoms with van der Waals surface area (Å²) in [6.07, 6.45) is 1.86. The largest absolute Gasteiger partial charge is 0.396 e. The number of para-hydroxylation sites is 1. The number of aryl methyl sites for hydroxylation is 2. The minimum Gasteiger partial charge on any atom is -0.396 e. The zero-order chi connectivity index (χ0) is 15.0. The maximum atomic E-state index is 6.18. The number of rotatable bonds is 2. The number of nitrogens with zero attached hydrogens (tertiary/aromatic N) is 2. The molecule has 3 rings (SSSR count). The van der Waals surface area contributed by atoms with Crippen molar-refractivity contribution in [3.63, 3.8) is 0 Å². The molecule has 0 bridgehead atoms. The molecule has 1 heterocycles. The Labute approximate surface area is 132 Å². The first kappa shape index (κ1) is 13.9. The Hall–Kier alpha value is -2.07.